The average molecular weight is 363 g/mol. The van der Waals surface area contributed by atoms with E-state index in [0.29, 0.717) is 26.0 Å². The third-order valence-corrected chi connectivity index (χ3v) is 4.04. The van der Waals surface area contributed by atoms with Gasteiger partial charge in [-0.25, -0.2) is 4.79 Å². The van der Waals surface area contributed by atoms with Crippen molar-refractivity contribution in [2.24, 2.45) is 0 Å². The molecule has 1 aliphatic heterocycles. The molecule has 1 heterocycles. The lowest BCUT2D eigenvalue weighted by Gasteiger charge is -2.28. The number of para-hydroxylation sites is 1. The second kappa shape index (κ2) is 8.92. The van der Waals surface area contributed by atoms with Crippen LogP contribution in [0.5, 0.6) is 5.75 Å². The predicted molar refractivity (Wildman–Crippen MR) is 98.1 cm³/mol. The van der Waals surface area contributed by atoms with E-state index in [1.165, 1.54) is 0 Å². The summed E-state index contributed by atoms with van der Waals surface area (Å²) in [7, 11) is 0. The summed E-state index contributed by atoms with van der Waals surface area (Å²) in [5, 5.41) is 0. The normalized spacial score (nSPS) is 19.9. The molecule has 144 valence electrons. The molecule has 0 N–H and O–H groups in total. The van der Waals surface area contributed by atoms with Crippen molar-refractivity contribution >= 4 is 12.1 Å². The third-order valence-electron chi connectivity index (χ3n) is 4.04. The van der Waals surface area contributed by atoms with Crippen LogP contribution in [0.3, 0.4) is 0 Å². The minimum atomic E-state index is -0.568. The van der Waals surface area contributed by atoms with Gasteiger partial charge in [0.15, 0.2) is 0 Å². The molecule has 1 aromatic carbocycles. The SMILES string of the molecule is CCOC(=O)CC[C@@H]1C[C@@H](Oc2ccccc2)CN1C(=O)OC(C)(C)C. The van der Waals surface area contributed by atoms with E-state index in [-0.39, 0.29) is 30.6 Å². The van der Waals surface area contributed by atoms with E-state index in [2.05, 4.69) is 0 Å². The molecule has 6 nitrogen and oxygen atoms in total. The minimum absolute atomic E-state index is 0.108. The summed E-state index contributed by atoms with van der Waals surface area (Å²) in [5.41, 5.74) is -0.568. The number of amides is 1. The fraction of sp³-hybridized carbons (Fsp3) is 0.600. The first kappa shape index (κ1) is 20.1. The van der Waals surface area contributed by atoms with Gasteiger partial charge < -0.3 is 19.1 Å². The largest absolute Gasteiger partial charge is 0.489 e. The van der Waals surface area contributed by atoms with Gasteiger partial charge in [0, 0.05) is 18.9 Å². The van der Waals surface area contributed by atoms with Crippen LogP contribution in [-0.4, -0.2) is 47.9 Å². The smallest absolute Gasteiger partial charge is 0.410 e. The maximum atomic E-state index is 12.6. The third kappa shape index (κ3) is 6.24. The lowest BCUT2D eigenvalue weighted by molar-refractivity contribution is -0.143. The Balaban J connectivity index is 2.02. The van der Waals surface area contributed by atoms with Crippen LogP contribution in [0.25, 0.3) is 0 Å². The Kier molecular flexibility index (Phi) is 6.89. The van der Waals surface area contributed by atoms with E-state index in [9.17, 15) is 9.59 Å². The van der Waals surface area contributed by atoms with E-state index in [0.717, 1.165) is 5.75 Å². The molecule has 0 saturated carbocycles. The molecule has 26 heavy (non-hydrogen) atoms. The lowest BCUT2D eigenvalue weighted by Crippen LogP contribution is -2.40. The number of ether oxygens (including phenoxy) is 3. The standard InChI is InChI=1S/C20H29NO5/c1-5-24-18(22)12-11-15-13-17(25-16-9-7-6-8-10-16)14-21(15)19(23)26-20(2,3)4/h6-10,15,17H,5,11-14H2,1-4H3/t15-,17-/m1/s1. The molecule has 6 heteroatoms. The summed E-state index contributed by atoms with van der Waals surface area (Å²) >= 11 is 0. The number of nitrogens with zero attached hydrogens (tertiary/aromatic N) is 1. The van der Waals surface area contributed by atoms with Crippen molar-refractivity contribution in [3.8, 4) is 5.75 Å². The van der Waals surface area contributed by atoms with Crippen LogP contribution in [0.2, 0.25) is 0 Å². The van der Waals surface area contributed by atoms with Crippen molar-refractivity contribution in [1.29, 1.82) is 0 Å². The van der Waals surface area contributed by atoms with Crippen LogP contribution in [-0.2, 0) is 14.3 Å². The minimum Gasteiger partial charge on any atom is -0.489 e. The molecule has 2 atom stereocenters. The molecule has 1 aliphatic rings. The second-order valence-corrected chi connectivity index (χ2v) is 7.42. The van der Waals surface area contributed by atoms with Gasteiger partial charge in [0.25, 0.3) is 0 Å². The van der Waals surface area contributed by atoms with E-state index < -0.39 is 5.60 Å². The molecule has 1 fully saturated rings. The summed E-state index contributed by atoms with van der Waals surface area (Å²) in [4.78, 5) is 25.9. The summed E-state index contributed by atoms with van der Waals surface area (Å²) in [6.07, 6.45) is 0.971. The molecule has 0 bridgehead atoms. The van der Waals surface area contributed by atoms with Crippen molar-refractivity contribution < 1.29 is 23.8 Å². The van der Waals surface area contributed by atoms with Gasteiger partial charge >= 0.3 is 12.1 Å². The first-order valence-corrected chi connectivity index (χ1v) is 9.15. The summed E-state index contributed by atoms with van der Waals surface area (Å²) in [6, 6.07) is 9.43. The topological polar surface area (TPSA) is 65.1 Å². The number of benzene rings is 1. The van der Waals surface area contributed by atoms with E-state index in [1.54, 1.807) is 11.8 Å². The average Bonchev–Trinajstić information content (AvgIpc) is 2.95. The van der Waals surface area contributed by atoms with Crippen molar-refractivity contribution in [1.82, 2.24) is 4.90 Å². The molecule has 1 aromatic rings. The van der Waals surface area contributed by atoms with E-state index >= 15 is 0 Å². The van der Waals surface area contributed by atoms with Gasteiger partial charge in [0.1, 0.15) is 17.5 Å². The zero-order valence-corrected chi connectivity index (χ0v) is 16.1. The quantitative estimate of drug-likeness (QED) is 0.720. The number of hydrogen-bond acceptors (Lipinski definition) is 5. The van der Waals surface area contributed by atoms with Crippen LogP contribution in [0.4, 0.5) is 4.79 Å². The zero-order chi connectivity index (χ0) is 19.2. The first-order valence-electron chi connectivity index (χ1n) is 9.15. The Morgan fingerprint density at radius 3 is 2.50 bits per heavy atom. The highest BCUT2D eigenvalue weighted by atomic mass is 16.6. The molecular formula is C20H29NO5. The number of esters is 1. The van der Waals surface area contributed by atoms with Gasteiger partial charge in [0.05, 0.1) is 13.2 Å². The monoisotopic (exact) mass is 363 g/mol. The molecule has 1 saturated heterocycles. The van der Waals surface area contributed by atoms with Gasteiger partial charge in [-0.05, 0) is 46.2 Å². The van der Waals surface area contributed by atoms with Gasteiger partial charge in [0.2, 0.25) is 0 Å². The van der Waals surface area contributed by atoms with Crippen LogP contribution in [0, 0.1) is 0 Å². The maximum Gasteiger partial charge on any atom is 0.410 e. The van der Waals surface area contributed by atoms with Gasteiger partial charge in [-0.15, -0.1) is 0 Å². The lowest BCUT2D eigenvalue weighted by atomic mass is 10.1. The highest BCUT2D eigenvalue weighted by Gasteiger charge is 2.38. The molecule has 0 spiro atoms. The first-order chi connectivity index (χ1) is 12.3. The summed E-state index contributed by atoms with van der Waals surface area (Å²) in [6.45, 7) is 8.10. The van der Waals surface area contributed by atoms with Crippen molar-refractivity contribution in [3.63, 3.8) is 0 Å². The number of rotatable bonds is 6. The van der Waals surface area contributed by atoms with Crippen LogP contribution in [0.15, 0.2) is 30.3 Å². The van der Waals surface area contributed by atoms with E-state index in [4.69, 9.17) is 14.2 Å². The van der Waals surface area contributed by atoms with Crippen LogP contribution < -0.4 is 4.74 Å². The summed E-state index contributed by atoms with van der Waals surface area (Å²) in [5.74, 6) is 0.525. The Morgan fingerprint density at radius 2 is 1.88 bits per heavy atom. The fourth-order valence-corrected chi connectivity index (χ4v) is 2.99. The molecule has 2 rings (SSSR count). The number of carbonyl (C=O) groups is 2. The number of likely N-dealkylation sites (tertiary alicyclic amines) is 1. The highest BCUT2D eigenvalue weighted by Crippen LogP contribution is 2.27. The fourth-order valence-electron chi connectivity index (χ4n) is 2.99. The molecule has 0 radical (unpaired) electrons. The van der Waals surface area contributed by atoms with Crippen LogP contribution in [0.1, 0.15) is 47.0 Å². The Bertz CT molecular complexity index is 596. The van der Waals surface area contributed by atoms with Gasteiger partial charge in [-0.1, -0.05) is 18.2 Å². The Hall–Kier alpha value is -2.24. The highest BCUT2D eigenvalue weighted by molar-refractivity contribution is 5.71. The maximum absolute atomic E-state index is 12.6. The predicted octanol–water partition coefficient (Wildman–Crippen LogP) is 3.79. The van der Waals surface area contributed by atoms with Crippen molar-refractivity contribution in [2.75, 3.05) is 13.2 Å². The molecule has 0 aromatic heterocycles. The van der Waals surface area contributed by atoms with Gasteiger partial charge in [-0.3, -0.25) is 4.79 Å². The number of carbonyl (C=O) groups excluding carboxylic acids is 2. The Labute approximate surface area is 155 Å². The zero-order valence-electron chi connectivity index (χ0n) is 16.1. The van der Waals surface area contributed by atoms with E-state index in [1.807, 2.05) is 51.1 Å². The van der Waals surface area contributed by atoms with Crippen LogP contribution >= 0.6 is 0 Å². The van der Waals surface area contributed by atoms with Crippen molar-refractivity contribution in [2.45, 2.75) is 64.7 Å². The second-order valence-electron chi connectivity index (χ2n) is 7.42. The number of hydrogen-bond donors (Lipinski definition) is 0. The molecule has 0 aliphatic carbocycles. The Morgan fingerprint density at radius 1 is 1.19 bits per heavy atom. The summed E-state index contributed by atoms with van der Waals surface area (Å²) < 4.78 is 16.5. The molecule has 0 unspecified atom stereocenters. The van der Waals surface area contributed by atoms with Gasteiger partial charge in [-0.2, -0.15) is 0 Å². The molecular weight excluding hydrogens is 334 g/mol. The van der Waals surface area contributed by atoms with Crippen molar-refractivity contribution in [3.05, 3.63) is 30.3 Å². The molecule has 1 amide bonds.